The number of nitrogens with one attached hydrogen (secondary N) is 2. The first kappa shape index (κ1) is 23.1. The molecule has 6 rings (SSSR count). The van der Waals surface area contributed by atoms with Crippen LogP contribution in [0.25, 0.3) is 10.2 Å². The normalized spacial score (nSPS) is 20.2. The molecule has 1 spiro atoms. The lowest BCUT2D eigenvalue weighted by atomic mass is 9.87. The lowest BCUT2D eigenvalue weighted by molar-refractivity contribution is -0.133. The maximum atomic E-state index is 13.8. The first-order valence-electron chi connectivity index (χ1n) is 12.6. The molecule has 2 amide bonds. The van der Waals surface area contributed by atoms with Crippen molar-refractivity contribution < 1.29 is 9.59 Å². The van der Waals surface area contributed by atoms with Gasteiger partial charge in [-0.2, -0.15) is 0 Å². The standard InChI is InChI=1S/C26H30N6O3S/c1-14-11-17(25(35)32-20(14)22(33)30-26(32)9-5-4-6-10-26)29-21-19-16-8-7-15(24(34)31(2)3)12-18(16)36-23(19)28-13-27-21/h11,13,15H,4-10,12H2,1-3H3,(H,30,33)(H,27,28,29)/t15-/m0/s1. The first-order chi connectivity index (χ1) is 17.3. The van der Waals surface area contributed by atoms with E-state index in [4.69, 9.17) is 0 Å². The zero-order valence-corrected chi connectivity index (χ0v) is 21.6. The summed E-state index contributed by atoms with van der Waals surface area (Å²) in [6, 6.07) is 1.76. The highest BCUT2D eigenvalue weighted by atomic mass is 32.1. The molecule has 0 radical (unpaired) electrons. The number of carbonyl (C=O) groups excluding carboxylic acids is 2. The molecule has 1 saturated carbocycles. The van der Waals surface area contributed by atoms with E-state index in [9.17, 15) is 14.4 Å². The molecule has 0 unspecified atom stereocenters. The van der Waals surface area contributed by atoms with Crippen LogP contribution >= 0.6 is 11.3 Å². The molecule has 2 aliphatic carbocycles. The maximum Gasteiger partial charge on any atom is 0.276 e. The Labute approximate surface area is 212 Å². The van der Waals surface area contributed by atoms with Gasteiger partial charge < -0.3 is 15.5 Å². The number of amides is 2. The Morgan fingerprint density at radius 2 is 2.00 bits per heavy atom. The molecule has 1 fully saturated rings. The molecule has 0 aromatic carbocycles. The molecule has 1 aliphatic heterocycles. The fourth-order valence-electron chi connectivity index (χ4n) is 6.24. The van der Waals surface area contributed by atoms with Crippen molar-refractivity contribution in [3.05, 3.63) is 44.4 Å². The zero-order chi connectivity index (χ0) is 25.2. The van der Waals surface area contributed by atoms with E-state index in [1.54, 1.807) is 41.0 Å². The minimum atomic E-state index is -0.638. The van der Waals surface area contributed by atoms with Crippen LogP contribution in [0.15, 0.2) is 17.2 Å². The molecule has 4 heterocycles. The van der Waals surface area contributed by atoms with Gasteiger partial charge in [-0.15, -0.1) is 11.3 Å². The SMILES string of the molecule is Cc1cc(Nc2ncnc3sc4c(c23)CC[C@H](C(=O)N(C)C)C4)c(=O)n2c1C(=O)NC21CCCCC1. The third-order valence-corrected chi connectivity index (χ3v) is 9.11. The van der Waals surface area contributed by atoms with Crippen molar-refractivity contribution in [3.8, 4) is 0 Å². The molecule has 0 saturated heterocycles. The summed E-state index contributed by atoms with van der Waals surface area (Å²) in [7, 11) is 3.60. The number of thiophene rings is 1. The monoisotopic (exact) mass is 506 g/mol. The molecule has 0 bridgehead atoms. The molecule has 188 valence electrons. The van der Waals surface area contributed by atoms with E-state index in [0.717, 1.165) is 65.6 Å². The van der Waals surface area contributed by atoms with Crippen LogP contribution in [0.2, 0.25) is 0 Å². The Kier molecular flexibility index (Phi) is 5.40. The number of hydrogen-bond acceptors (Lipinski definition) is 7. The van der Waals surface area contributed by atoms with Crippen LogP contribution in [0.4, 0.5) is 11.5 Å². The van der Waals surface area contributed by atoms with Crippen molar-refractivity contribution in [2.45, 2.75) is 64.0 Å². The van der Waals surface area contributed by atoms with Gasteiger partial charge in [-0.05, 0) is 69.1 Å². The van der Waals surface area contributed by atoms with E-state index < -0.39 is 5.66 Å². The van der Waals surface area contributed by atoms with Gasteiger partial charge in [0.25, 0.3) is 11.5 Å². The molecular weight excluding hydrogens is 476 g/mol. The molecule has 9 nitrogen and oxygen atoms in total. The second-order valence-corrected chi connectivity index (χ2v) is 11.6. The Morgan fingerprint density at radius 1 is 1.22 bits per heavy atom. The molecule has 36 heavy (non-hydrogen) atoms. The average Bonchev–Trinajstić information content (AvgIpc) is 3.37. The van der Waals surface area contributed by atoms with Crippen molar-refractivity contribution >= 4 is 44.9 Å². The van der Waals surface area contributed by atoms with Gasteiger partial charge in [0.2, 0.25) is 5.91 Å². The highest BCUT2D eigenvalue weighted by Gasteiger charge is 2.45. The average molecular weight is 507 g/mol. The van der Waals surface area contributed by atoms with E-state index in [2.05, 4.69) is 20.6 Å². The second-order valence-electron chi connectivity index (χ2n) is 10.5. The maximum absolute atomic E-state index is 13.8. The second kappa shape index (κ2) is 8.40. The Hall–Kier alpha value is -3.27. The van der Waals surface area contributed by atoms with E-state index in [1.807, 2.05) is 6.92 Å². The predicted octanol–water partition coefficient (Wildman–Crippen LogP) is 3.46. The fraction of sp³-hybridized carbons (Fsp3) is 0.500. The topological polar surface area (TPSA) is 109 Å². The van der Waals surface area contributed by atoms with Crippen LogP contribution < -0.4 is 16.2 Å². The number of rotatable bonds is 3. The van der Waals surface area contributed by atoms with Gasteiger partial charge in [0.1, 0.15) is 34.0 Å². The molecule has 10 heteroatoms. The smallest absolute Gasteiger partial charge is 0.276 e. The van der Waals surface area contributed by atoms with E-state index in [0.29, 0.717) is 23.6 Å². The van der Waals surface area contributed by atoms with Crippen LogP contribution in [0, 0.1) is 12.8 Å². The quantitative estimate of drug-likeness (QED) is 0.563. The van der Waals surface area contributed by atoms with Gasteiger partial charge in [0.15, 0.2) is 0 Å². The van der Waals surface area contributed by atoms with Crippen molar-refractivity contribution in [1.82, 2.24) is 24.8 Å². The predicted molar refractivity (Wildman–Crippen MR) is 139 cm³/mol. The van der Waals surface area contributed by atoms with Crippen LogP contribution in [0.5, 0.6) is 0 Å². The lowest BCUT2D eigenvalue weighted by Crippen LogP contribution is -2.48. The summed E-state index contributed by atoms with van der Waals surface area (Å²) >= 11 is 1.60. The van der Waals surface area contributed by atoms with Crippen LogP contribution in [-0.2, 0) is 23.3 Å². The van der Waals surface area contributed by atoms with E-state index in [-0.39, 0.29) is 23.3 Å². The number of anilines is 2. The highest BCUT2D eigenvalue weighted by Crippen LogP contribution is 2.41. The summed E-state index contributed by atoms with van der Waals surface area (Å²) in [5.74, 6) is 0.563. The van der Waals surface area contributed by atoms with Crippen molar-refractivity contribution in [1.29, 1.82) is 0 Å². The summed E-state index contributed by atoms with van der Waals surface area (Å²) in [6.07, 6.45) is 8.36. The van der Waals surface area contributed by atoms with Gasteiger partial charge >= 0.3 is 0 Å². The zero-order valence-electron chi connectivity index (χ0n) is 20.8. The molecule has 2 N–H and O–H groups in total. The Bertz CT molecular complexity index is 1470. The number of aryl methyl sites for hydroxylation is 2. The third kappa shape index (κ3) is 3.45. The third-order valence-electron chi connectivity index (χ3n) is 7.95. The molecular formula is C26H30N6O3S. The Morgan fingerprint density at radius 3 is 2.75 bits per heavy atom. The number of pyridine rings is 1. The number of nitrogens with zero attached hydrogens (tertiary/aromatic N) is 4. The number of aromatic nitrogens is 3. The molecule has 3 aliphatic rings. The minimum Gasteiger partial charge on any atom is -0.349 e. The van der Waals surface area contributed by atoms with Crippen molar-refractivity contribution in [2.24, 2.45) is 5.92 Å². The van der Waals surface area contributed by atoms with Crippen LogP contribution in [0.1, 0.15) is 65.0 Å². The van der Waals surface area contributed by atoms with Crippen molar-refractivity contribution in [3.63, 3.8) is 0 Å². The van der Waals surface area contributed by atoms with E-state index >= 15 is 0 Å². The highest BCUT2D eigenvalue weighted by molar-refractivity contribution is 7.19. The van der Waals surface area contributed by atoms with Gasteiger partial charge in [0.05, 0.1) is 5.39 Å². The fourth-order valence-corrected chi connectivity index (χ4v) is 7.51. The molecule has 1 atom stereocenters. The summed E-state index contributed by atoms with van der Waals surface area (Å²) in [5, 5.41) is 7.38. The Balaban J connectivity index is 1.41. The molecule has 3 aromatic rings. The van der Waals surface area contributed by atoms with Gasteiger partial charge in [-0.25, -0.2) is 9.97 Å². The van der Waals surface area contributed by atoms with Crippen molar-refractivity contribution in [2.75, 3.05) is 19.4 Å². The summed E-state index contributed by atoms with van der Waals surface area (Å²) in [4.78, 5) is 52.0. The van der Waals surface area contributed by atoms with Crippen LogP contribution in [-0.4, -0.2) is 45.3 Å². The molecule has 3 aromatic heterocycles. The van der Waals surface area contributed by atoms with Gasteiger partial charge in [0, 0.05) is 24.9 Å². The lowest BCUT2D eigenvalue weighted by Gasteiger charge is -2.35. The minimum absolute atomic E-state index is 0.0225. The summed E-state index contributed by atoms with van der Waals surface area (Å²) < 4.78 is 1.70. The number of hydrogen-bond donors (Lipinski definition) is 2. The van der Waals surface area contributed by atoms with E-state index in [1.165, 1.54) is 11.9 Å². The first-order valence-corrected chi connectivity index (χ1v) is 13.4. The number of fused-ring (bicyclic) bond motifs is 5. The van der Waals surface area contributed by atoms with Gasteiger partial charge in [-0.1, -0.05) is 6.42 Å². The number of carbonyl (C=O) groups is 2. The van der Waals surface area contributed by atoms with Crippen LogP contribution in [0.3, 0.4) is 0 Å². The largest absolute Gasteiger partial charge is 0.349 e. The summed E-state index contributed by atoms with van der Waals surface area (Å²) in [5.41, 5.74) is 1.96. The van der Waals surface area contributed by atoms with Gasteiger partial charge in [-0.3, -0.25) is 19.0 Å². The summed E-state index contributed by atoms with van der Waals surface area (Å²) in [6.45, 7) is 1.88.